The van der Waals surface area contributed by atoms with Crippen LogP contribution in [0.5, 0.6) is 0 Å². The van der Waals surface area contributed by atoms with E-state index in [-0.39, 0.29) is 11.6 Å². The molecule has 2 rings (SSSR count). The molecular formula is C12H15N3O. The van der Waals surface area contributed by atoms with Gasteiger partial charge in [-0.2, -0.15) is 0 Å². The van der Waals surface area contributed by atoms with Crippen LogP contribution in [0.15, 0.2) is 23.0 Å². The Hall–Kier alpha value is -1.84. The van der Waals surface area contributed by atoms with E-state index in [2.05, 4.69) is 4.98 Å². The van der Waals surface area contributed by atoms with Crippen molar-refractivity contribution in [2.24, 2.45) is 0 Å². The Morgan fingerprint density at radius 2 is 2.06 bits per heavy atom. The molecule has 0 spiro atoms. The molecule has 0 aliphatic rings. The van der Waals surface area contributed by atoms with Crippen molar-refractivity contribution in [3.8, 4) is 0 Å². The van der Waals surface area contributed by atoms with E-state index in [1.54, 1.807) is 22.8 Å². The van der Waals surface area contributed by atoms with Gasteiger partial charge in [0.15, 0.2) is 0 Å². The van der Waals surface area contributed by atoms with Crippen LogP contribution in [0.25, 0.3) is 10.9 Å². The maximum absolute atomic E-state index is 12.2. The number of fused-ring (bicyclic) bond motifs is 1. The van der Waals surface area contributed by atoms with Gasteiger partial charge in [-0.25, -0.2) is 4.98 Å². The molecule has 0 fully saturated rings. The minimum atomic E-state index is -0.0233. The summed E-state index contributed by atoms with van der Waals surface area (Å²) in [5.41, 5.74) is 6.95. The molecule has 84 valence electrons. The molecule has 0 aliphatic carbocycles. The molecule has 4 nitrogen and oxygen atoms in total. The summed E-state index contributed by atoms with van der Waals surface area (Å²) in [6, 6.07) is 5.33. The fraction of sp³-hybridized carbons (Fsp3) is 0.333. The summed E-state index contributed by atoms with van der Waals surface area (Å²) in [6.45, 7) is 5.78. The van der Waals surface area contributed by atoms with Crippen molar-refractivity contribution in [2.75, 3.05) is 5.73 Å². The normalized spacial score (nSPS) is 11.2. The van der Waals surface area contributed by atoms with Crippen molar-refractivity contribution in [3.05, 3.63) is 34.4 Å². The Labute approximate surface area is 93.7 Å². The highest BCUT2D eigenvalue weighted by Crippen LogP contribution is 2.14. The van der Waals surface area contributed by atoms with E-state index in [0.717, 1.165) is 5.82 Å². The van der Waals surface area contributed by atoms with Crippen molar-refractivity contribution in [1.29, 1.82) is 0 Å². The summed E-state index contributed by atoms with van der Waals surface area (Å²) < 4.78 is 1.68. The number of hydrogen-bond acceptors (Lipinski definition) is 3. The highest BCUT2D eigenvalue weighted by Gasteiger charge is 2.10. The van der Waals surface area contributed by atoms with Gasteiger partial charge < -0.3 is 5.73 Å². The molecule has 1 heterocycles. The minimum Gasteiger partial charge on any atom is -0.399 e. The topological polar surface area (TPSA) is 60.9 Å². The summed E-state index contributed by atoms with van der Waals surface area (Å²) >= 11 is 0. The number of hydrogen-bond donors (Lipinski definition) is 1. The van der Waals surface area contributed by atoms with Crippen molar-refractivity contribution in [1.82, 2.24) is 9.55 Å². The van der Waals surface area contributed by atoms with E-state index in [0.29, 0.717) is 16.6 Å². The van der Waals surface area contributed by atoms with Gasteiger partial charge in [0.25, 0.3) is 5.56 Å². The maximum Gasteiger partial charge on any atom is 0.261 e. The number of aryl methyl sites for hydroxylation is 1. The molecule has 2 N–H and O–H groups in total. The quantitative estimate of drug-likeness (QED) is 0.742. The number of aromatic nitrogens is 2. The van der Waals surface area contributed by atoms with Crippen LogP contribution >= 0.6 is 0 Å². The van der Waals surface area contributed by atoms with E-state index in [9.17, 15) is 4.79 Å². The lowest BCUT2D eigenvalue weighted by Crippen LogP contribution is -2.25. The Bertz CT molecular complexity index is 599. The zero-order valence-electron chi connectivity index (χ0n) is 9.69. The van der Waals surface area contributed by atoms with Gasteiger partial charge in [-0.15, -0.1) is 0 Å². The van der Waals surface area contributed by atoms with Crippen molar-refractivity contribution in [2.45, 2.75) is 26.8 Å². The first-order valence-corrected chi connectivity index (χ1v) is 5.29. The molecule has 0 aliphatic heterocycles. The smallest absolute Gasteiger partial charge is 0.261 e. The molecular weight excluding hydrogens is 202 g/mol. The van der Waals surface area contributed by atoms with Gasteiger partial charge in [-0.05, 0) is 39.0 Å². The second-order valence-electron chi connectivity index (χ2n) is 4.20. The number of nitrogen functional groups attached to an aromatic ring is 1. The molecule has 0 unspecified atom stereocenters. The van der Waals surface area contributed by atoms with Gasteiger partial charge >= 0.3 is 0 Å². The van der Waals surface area contributed by atoms with Gasteiger partial charge in [0.1, 0.15) is 5.82 Å². The van der Waals surface area contributed by atoms with E-state index < -0.39 is 0 Å². The van der Waals surface area contributed by atoms with Crippen LogP contribution in [0.4, 0.5) is 5.69 Å². The predicted octanol–water partition coefficient (Wildman–Crippen LogP) is 1.87. The molecule has 16 heavy (non-hydrogen) atoms. The molecule has 0 atom stereocenters. The molecule has 1 aromatic carbocycles. The average molecular weight is 217 g/mol. The minimum absolute atomic E-state index is 0.0233. The molecule has 0 radical (unpaired) electrons. The van der Waals surface area contributed by atoms with E-state index >= 15 is 0 Å². The Morgan fingerprint density at radius 3 is 2.69 bits per heavy atom. The number of nitrogens with zero attached hydrogens (tertiary/aromatic N) is 2. The molecule has 2 aromatic rings. The number of benzene rings is 1. The highest BCUT2D eigenvalue weighted by molar-refractivity contribution is 5.81. The lowest BCUT2D eigenvalue weighted by Gasteiger charge is -2.14. The van der Waals surface area contributed by atoms with Crippen LogP contribution in [0, 0.1) is 6.92 Å². The maximum atomic E-state index is 12.2. The molecule has 0 saturated carbocycles. The predicted molar refractivity (Wildman–Crippen MR) is 65.5 cm³/mol. The zero-order valence-corrected chi connectivity index (χ0v) is 9.69. The van der Waals surface area contributed by atoms with Crippen LogP contribution in [0.3, 0.4) is 0 Å². The van der Waals surface area contributed by atoms with E-state index in [4.69, 9.17) is 5.73 Å². The number of anilines is 1. The number of rotatable bonds is 1. The van der Waals surface area contributed by atoms with Gasteiger partial charge in [0, 0.05) is 11.7 Å². The lowest BCUT2D eigenvalue weighted by molar-refractivity contribution is 0.555. The highest BCUT2D eigenvalue weighted by atomic mass is 16.1. The molecule has 0 saturated heterocycles. The van der Waals surface area contributed by atoms with Crippen LogP contribution in [-0.2, 0) is 0 Å². The van der Waals surface area contributed by atoms with E-state index in [1.807, 2.05) is 20.8 Å². The monoisotopic (exact) mass is 217 g/mol. The SMILES string of the molecule is Cc1nc2ccc(N)cc2c(=O)n1C(C)C. The first-order valence-electron chi connectivity index (χ1n) is 5.29. The van der Waals surface area contributed by atoms with Crippen LogP contribution < -0.4 is 11.3 Å². The largest absolute Gasteiger partial charge is 0.399 e. The standard InChI is InChI=1S/C12H15N3O/c1-7(2)15-8(3)14-11-5-4-9(13)6-10(11)12(15)16/h4-7H,13H2,1-3H3. The van der Waals surface area contributed by atoms with Crippen LogP contribution in [0.1, 0.15) is 25.7 Å². The summed E-state index contributed by atoms with van der Waals surface area (Å²) in [6.07, 6.45) is 0. The zero-order chi connectivity index (χ0) is 11.9. The van der Waals surface area contributed by atoms with Crippen LogP contribution in [-0.4, -0.2) is 9.55 Å². The lowest BCUT2D eigenvalue weighted by atomic mass is 10.2. The summed E-state index contributed by atoms with van der Waals surface area (Å²) in [5.74, 6) is 0.734. The Balaban J connectivity index is 2.91. The summed E-state index contributed by atoms with van der Waals surface area (Å²) in [4.78, 5) is 16.6. The Morgan fingerprint density at radius 1 is 1.38 bits per heavy atom. The fourth-order valence-corrected chi connectivity index (χ4v) is 1.94. The first kappa shape index (κ1) is 10.7. The van der Waals surface area contributed by atoms with Crippen molar-refractivity contribution in [3.63, 3.8) is 0 Å². The van der Waals surface area contributed by atoms with Gasteiger partial charge in [0.05, 0.1) is 10.9 Å². The third-order valence-corrected chi connectivity index (χ3v) is 2.62. The van der Waals surface area contributed by atoms with Crippen LogP contribution in [0.2, 0.25) is 0 Å². The average Bonchev–Trinajstić information content (AvgIpc) is 2.19. The van der Waals surface area contributed by atoms with Crippen molar-refractivity contribution >= 4 is 16.6 Å². The molecule has 0 amide bonds. The third kappa shape index (κ3) is 1.56. The van der Waals surface area contributed by atoms with Gasteiger partial charge in [0.2, 0.25) is 0 Å². The molecule has 0 bridgehead atoms. The third-order valence-electron chi connectivity index (χ3n) is 2.62. The molecule has 4 heteroatoms. The van der Waals surface area contributed by atoms with E-state index in [1.165, 1.54) is 0 Å². The first-order chi connectivity index (χ1) is 7.50. The van der Waals surface area contributed by atoms with Gasteiger partial charge in [-0.1, -0.05) is 0 Å². The number of nitrogens with two attached hydrogens (primary N) is 1. The van der Waals surface area contributed by atoms with Crippen molar-refractivity contribution < 1.29 is 0 Å². The second kappa shape index (κ2) is 3.63. The molecule has 1 aromatic heterocycles. The fourth-order valence-electron chi connectivity index (χ4n) is 1.94. The summed E-state index contributed by atoms with van der Waals surface area (Å²) in [7, 11) is 0. The van der Waals surface area contributed by atoms with Gasteiger partial charge in [-0.3, -0.25) is 9.36 Å². The summed E-state index contributed by atoms with van der Waals surface area (Å²) in [5, 5.41) is 0.583. The second-order valence-corrected chi connectivity index (χ2v) is 4.20. The Kier molecular flexibility index (Phi) is 2.42.